The van der Waals surface area contributed by atoms with Crippen LogP contribution in [0.25, 0.3) is 21.7 Å². The van der Waals surface area contributed by atoms with Gasteiger partial charge >= 0.3 is 5.69 Å². The summed E-state index contributed by atoms with van der Waals surface area (Å²) in [6.07, 6.45) is 0.917. The van der Waals surface area contributed by atoms with Crippen LogP contribution in [0.5, 0.6) is 11.5 Å². The molecule has 5 aromatic carbocycles. The molecule has 45 heavy (non-hydrogen) atoms. The van der Waals surface area contributed by atoms with Gasteiger partial charge in [0.05, 0.1) is 11.1 Å². The number of benzene rings is 5. The van der Waals surface area contributed by atoms with Gasteiger partial charge in [0.1, 0.15) is 11.5 Å². The van der Waals surface area contributed by atoms with Gasteiger partial charge in [-0.2, -0.15) is 0 Å². The van der Waals surface area contributed by atoms with Crippen molar-refractivity contribution in [2.24, 2.45) is 0 Å². The van der Waals surface area contributed by atoms with Crippen molar-refractivity contribution in [1.82, 2.24) is 20.2 Å². The van der Waals surface area contributed by atoms with E-state index in [4.69, 9.17) is 27.9 Å². The zero-order chi connectivity index (χ0) is 31.5. The van der Waals surface area contributed by atoms with E-state index in [2.05, 4.69) is 45.6 Å². The molecule has 7 nitrogen and oxygen atoms in total. The van der Waals surface area contributed by atoms with Crippen LogP contribution in [0.1, 0.15) is 41.4 Å². The Morgan fingerprint density at radius 3 is 2.49 bits per heavy atom. The van der Waals surface area contributed by atoms with Crippen LogP contribution >= 0.6 is 23.2 Å². The highest BCUT2D eigenvalue weighted by atomic mass is 35.5. The van der Waals surface area contributed by atoms with Gasteiger partial charge in [0.2, 0.25) is 0 Å². The van der Waals surface area contributed by atoms with E-state index < -0.39 is 6.23 Å². The van der Waals surface area contributed by atoms with E-state index in [-0.39, 0.29) is 17.5 Å². The number of aromatic hydroxyl groups is 1. The minimum atomic E-state index is -0.678. The second kappa shape index (κ2) is 13.3. The van der Waals surface area contributed by atoms with E-state index in [9.17, 15) is 9.90 Å². The Bertz CT molecular complexity index is 2050. The van der Waals surface area contributed by atoms with Crippen LogP contribution in [0.15, 0.2) is 108 Å². The van der Waals surface area contributed by atoms with Crippen LogP contribution in [0, 0.1) is 0 Å². The molecule has 6 rings (SSSR count). The van der Waals surface area contributed by atoms with Crippen molar-refractivity contribution in [2.75, 3.05) is 7.05 Å². The standard InChI is InChI=1S/C36H32Cl2N4O3/c1-22(39-19-26-8-5-9-32-31(26)20-40-36(44)41-32)29-17-28(38)13-15-34(29)45-35(30-18-27(37)12-14-33(30)43)42(2)21-23-10-11-24-6-3-4-7-25(24)16-23/h3-18,20,22,35,39,43H,19,21H2,1-2H3,(H,40,41,44). The van der Waals surface area contributed by atoms with Crippen LogP contribution in [0.4, 0.5) is 0 Å². The smallest absolute Gasteiger partial charge is 0.345 e. The summed E-state index contributed by atoms with van der Waals surface area (Å²) in [6.45, 7) is 3.10. The van der Waals surface area contributed by atoms with Crippen molar-refractivity contribution in [2.45, 2.75) is 32.3 Å². The maximum atomic E-state index is 11.7. The lowest BCUT2D eigenvalue weighted by molar-refractivity contribution is 0.0350. The number of hydrogen-bond acceptors (Lipinski definition) is 6. The summed E-state index contributed by atoms with van der Waals surface area (Å²) in [4.78, 5) is 20.4. The number of ether oxygens (including phenoxy) is 1. The Labute approximate surface area is 271 Å². The molecule has 1 heterocycles. The Morgan fingerprint density at radius 2 is 1.67 bits per heavy atom. The van der Waals surface area contributed by atoms with Gasteiger partial charge in [0.15, 0.2) is 6.23 Å². The zero-order valence-electron chi connectivity index (χ0n) is 24.8. The summed E-state index contributed by atoms with van der Waals surface area (Å²) >= 11 is 12.9. The van der Waals surface area contributed by atoms with Crippen LogP contribution in [-0.2, 0) is 13.1 Å². The molecular weight excluding hydrogens is 607 g/mol. The molecule has 0 amide bonds. The molecule has 1 aromatic heterocycles. The van der Waals surface area contributed by atoms with Crippen molar-refractivity contribution in [1.29, 1.82) is 0 Å². The fourth-order valence-corrected chi connectivity index (χ4v) is 5.94. The maximum Gasteiger partial charge on any atom is 0.345 e. The first-order valence-electron chi connectivity index (χ1n) is 14.6. The number of H-pyrrole nitrogens is 1. The summed E-state index contributed by atoms with van der Waals surface area (Å²) in [6, 6.07) is 30.7. The summed E-state index contributed by atoms with van der Waals surface area (Å²) in [5.41, 5.74) is 3.83. The van der Waals surface area contributed by atoms with Crippen LogP contribution in [0.2, 0.25) is 10.0 Å². The normalized spacial score (nSPS) is 12.9. The van der Waals surface area contributed by atoms with E-state index in [0.717, 1.165) is 33.0 Å². The second-order valence-corrected chi connectivity index (χ2v) is 12.0. The van der Waals surface area contributed by atoms with Crippen LogP contribution < -0.4 is 15.7 Å². The minimum absolute atomic E-state index is 0.0825. The molecule has 0 saturated heterocycles. The highest BCUT2D eigenvalue weighted by Crippen LogP contribution is 2.37. The second-order valence-electron chi connectivity index (χ2n) is 11.1. The number of nitrogens with one attached hydrogen (secondary N) is 2. The first-order valence-corrected chi connectivity index (χ1v) is 15.3. The van der Waals surface area contributed by atoms with Gasteiger partial charge in [-0.25, -0.2) is 9.78 Å². The molecular formula is C36H32Cl2N4O3. The molecule has 6 aromatic rings. The van der Waals surface area contributed by atoms with Gasteiger partial charge in [-0.05, 0) is 84.4 Å². The first-order chi connectivity index (χ1) is 21.7. The number of nitrogens with zero attached hydrogens (tertiary/aromatic N) is 2. The van der Waals surface area contributed by atoms with E-state index in [1.54, 1.807) is 30.5 Å². The number of rotatable bonds is 10. The predicted molar refractivity (Wildman–Crippen MR) is 181 cm³/mol. The van der Waals surface area contributed by atoms with Gasteiger partial charge in [-0.3, -0.25) is 4.90 Å². The Kier molecular flexibility index (Phi) is 9.05. The number of phenols is 1. The predicted octanol–water partition coefficient (Wildman–Crippen LogP) is 8.15. The molecule has 0 aliphatic heterocycles. The first kappa shape index (κ1) is 30.6. The molecule has 228 valence electrons. The average molecular weight is 640 g/mol. The highest BCUT2D eigenvalue weighted by molar-refractivity contribution is 6.31. The number of aromatic amines is 1. The van der Waals surface area contributed by atoms with Gasteiger partial charge in [-0.15, -0.1) is 0 Å². The number of aromatic nitrogens is 2. The van der Waals surface area contributed by atoms with Crippen molar-refractivity contribution >= 4 is 44.9 Å². The van der Waals surface area contributed by atoms with Crippen molar-refractivity contribution in [3.05, 3.63) is 146 Å². The number of halogens is 2. The third kappa shape index (κ3) is 6.97. The topological polar surface area (TPSA) is 90.5 Å². The Morgan fingerprint density at radius 1 is 0.911 bits per heavy atom. The van der Waals surface area contributed by atoms with Crippen LogP contribution in [-0.4, -0.2) is 27.0 Å². The van der Waals surface area contributed by atoms with E-state index in [1.165, 1.54) is 5.39 Å². The monoisotopic (exact) mass is 638 g/mol. The zero-order valence-corrected chi connectivity index (χ0v) is 26.3. The van der Waals surface area contributed by atoms with E-state index in [0.29, 0.717) is 34.4 Å². The van der Waals surface area contributed by atoms with E-state index in [1.807, 2.05) is 61.3 Å². The third-order valence-corrected chi connectivity index (χ3v) is 8.40. The summed E-state index contributed by atoms with van der Waals surface area (Å²) in [5.74, 6) is 0.692. The lowest BCUT2D eigenvalue weighted by Gasteiger charge is -2.31. The molecule has 0 fully saturated rings. The van der Waals surface area contributed by atoms with Crippen LogP contribution in [0.3, 0.4) is 0 Å². The SMILES string of the molecule is CC(NCc1cccc2[nH]c(=O)ncc12)c1cc(Cl)ccc1OC(c1cc(Cl)ccc1O)N(C)Cc1ccc2ccccc2c1. The van der Waals surface area contributed by atoms with Crippen molar-refractivity contribution in [3.8, 4) is 11.5 Å². The van der Waals surface area contributed by atoms with Gasteiger partial charge < -0.3 is 20.1 Å². The summed E-state index contributed by atoms with van der Waals surface area (Å²) in [7, 11) is 1.95. The fourth-order valence-electron chi connectivity index (χ4n) is 5.58. The van der Waals surface area contributed by atoms with Gasteiger partial charge in [0.25, 0.3) is 0 Å². The molecule has 0 aliphatic rings. The molecule has 9 heteroatoms. The summed E-state index contributed by atoms with van der Waals surface area (Å²) < 4.78 is 6.76. The quantitative estimate of drug-likeness (QED) is 0.131. The molecule has 0 radical (unpaired) electrons. The lowest BCUT2D eigenvalue weighted by Crippen LogP contribution is -2.29. The molecule has 0 aliphatic carbocycles. The molecule has 3 N–H and O–H groups in total. The maximum absolute atomic E-state index is 11.7. The van der Waals surface area contributed by atoms with E-state index >= 15 is 0 Å². The molecule has 2 atom stereocenters. The molecule has 2 unspecified atom stereocenters. The number of fused-ring (bicyclic) bond motifs is 2. The third-order valence-electron chi connectivity index (χ3n) is 7.93. The largest absolute Gasteiger partial charge is 0.507 e. The van der Waals surface area contributed by atoms with Crippen molar-refractivity contribution in [3.63, 3.8) is 0 Å². The Hall–Kier alpha value is -4.40. The molecule has 0 spiro atoms. The highest BCUT2D eigenvalue weighted by Gasteiger charge is 2.25. The number of phenolic OH excluding ortho intramolecular Hbond substituents is 1. The van der Waals surface area contributed by atoms with Crippen molar-refractivity contribution < 1.29 is 9.84 Å². The number of hydrogen-bond donors (Lipinski definition) is 3. The Balaban J connectivity index is 1.30. The van der Waals surface area contributed by atoms with Gasteiger partial charge in [0, 0.05) is 46.3 Å². The fraction of sp³-hybridized carbons (Fsp3) is 0.167. The summed E-state index contributed by atoms with van der Waals surface area (Å²) in [5, 5.41) is 18.8. The van der Waals surface area contributed by atoms with Gasteiger partial charge in [-0.1, -0.05) is 71.7 Å². The lowest BCUT2D eigenvalue weighted by atomic mass is 10.0. The minimum Gasteiger partial charge on any atom is -0.507 e. The molecule has 0 bridgehead atoms. The average Bonchev–Trinajstić information content (AvgIpc) is 3.04. The molecule has 0 saturated carbocycles.